The van der Waals surface area contributed by atoms with Gasteiger partial charge in [-0.15, -0.1) is 0 Å². The molecule has 68 valence electrons. The lowest BCUT2D eigenvalue weighted by Crippen LogP contribution is -2.19. The molecule has 0 aromatic carbocycles. The smallest absolute Gasteiger partial charge is 0.102 e. The molecule has 0 aliphatic carbocycles. The fourth-order valence-electron chi connectivity index (χ4n) is 0.405. The van der Waals surface area contributed by atoms with Crippen LogP contribution in [0.1, 0.15) is 20.8 Å². The van der Waals surface area contributed by atoms with Crippen molar-refractivity contribution in [3.05, 3.63) is 24.9 Å². The van der Waals surface area contributed by atoms with Crippen LogP contribution in [0.3, 0.4) is 0 Å². The van der Waals surface area contributed by atoms with Gasteiger partial charge in [-0.2, -0.15) is 0 Å². The normalized spacial score (nSPS) is 8.25. The SMILES string of the molecule is C=C/C=C\N(C=N)C(C)=N.CC. The topological polar surface area (TPSA) is 50.9 Å². The summed E-state index contributed by atoms with van der Waals surface area (Å²) in [7, 11) is 0. The molecule has 0 spiro atoms. The second-order valence-electron chi connectivity index (χ2n) is 1.70. The van der Waals surface area contributed by atoms with E-state index in [0.717, 1.165) is 6.34 Å². The van der Waals surface area contributed by atoms with Crippen molar-refractivity contribution in [2.45, 2.75) is 20.8 Å². The number of nitrogens with one attached hydrogen (secondary N) is 2. The Labute approximate surface area is 74.4 Å². The Morgan fingerprint density at radius 1 is 1.42 bits per heavy atom. The van der Waals surface area contributed by atoms with Gasteiger partial charge in [0.05, 0.1) is 6.34 Å². The van der Waals surface area contributed by atoms with Gasteiger partial charge in [-0.05, 0) is 13.0 Å². The van der Waals surface area contributed by atoms with Gasteiger partial charge in [0.1, 0.15) is 5.84 Å². The lowest BCUT2D eigenvalue weighted by atomic mass is 10.5. The Kier molecular flexibility index (Phi) is 10.6. The second kappa shape index (κ2) is 9.62. The van der Waals surface area contributed by atoms with E-state index in [2.05, 4.69) is 6.58 Å². The summed E-state index contributed by atoms with van der Waals surface area (Å²) < 4.78 is 0. The van der Waals surface area contributed by atoms with Gasteiger partial charge in [-0.25, -0.2) is 0 Å². The zero-order chi connectivity index (χ0) is 9.98. The van der Waals surface area contributed by atoms with Gasteiger partial charge in [0, 0.05) is 6.20 Å². The number of nitrogens with zero attached hydrogens (tertiary/aromatic N) is 1. The van der Waals surface area contributed by atoms with Crippen LogP contribution in [0.2, 0.25) is 0 Å². The summed E-state index contributed by atoms with van der Waals surface area (Å²) >= 11 is 0. The Balaban J connectivity index is 0. The lowest BCUT2D eigenvalue weighted by Gasteiger charge is -2.09. The molecular weight excluding hydrogens is 150 g/mol. The highest BCUT2D eigenvalue weighted by Gasteiger charge is 1.92. The summed E-state index contributed by atoms with van der Waals surface area (Å²) in [5.74, 6) is 0.313. The molecule has 2 N–H and O–H groups in total. The molecule has 3 nitrogen and oxygen atoms in total. The largest absolute Gasteiger partial charge is 0.297 e. The maximum atomic E-state index is 7.12. The van der Waals surface area contributed by atoms with E-state index >= 15 is 0 Å². The number of allylic oxidation sites excluding steroid dienone is 2. The second-order valence-corrected chi connectivity index (χ2v) is 1.70. The van der Waals surface area contributed by atoms with Crippen LogP contribution in [0.4, 0.5) is 0 Å². The van der Waals surface area contributed by atoms with E-state index in [4.69, 9.17) is 10.8 Å². The molecular formula is C9H17N3. The molecule has 0 aliphatic rings. The summed E-state index contributed by atoms with van der Waals surface area (Å²) in [6.07, 6.45) is 5.94. The van der Waals surface area contributed by atoms with Crippen molar-refractivity contribution >= 4 is 12.2 Å². The monoisotopic (exact) mass is 167 g/mol. The molecule has 0 bridgehead atoms. The molecule has 0 heterocycles. The standard InChI is InChI=1S/C7H11N3.C2H6/c1-3-4-5-10(6-8)7(2)9;1-2/h3-6,8-9H,1H2,2H3;1-2H3/b5-4-,8-6?,9-7?;. The Hall–Kier alpha value is -1.38. The van der Waals surface area contributed by atoms with Gasteiger partial charge in [0.2, 0.25) is 0 Å². The Morgan fingerprint density at radius 3 is 2.17 bits per heavy atom. The highest BCUT2D eigenvalue weighted by molar-refractivity contribution is 5.88. The average Bonchev–Trinajstić information content (AvgIpc) is 2.09. The van der Waals surface area contributed by atoms with Crippen LogP contribution in [-0.4, -0.2) is 17.1 Å². The van der Waals surface area contributed by atoms with Gasteiger partial charge >= 0.3 is 0 Å². The fourth-order valence-corrected chi connectivity index (χ4v) is 0.405. The molecule has 3 heteroatoms. The first-order valence-corrected chi connectivity index (χ1v) is 3.85. The zero-order valence-electron chi connectivity index (χ0n) is 7.96. The summed E-state index contributed by atoms with van der Waals surface area (Å²) in [4.78, 5) is 1.38. The predicted molar refractivity (Wildman–Crippen MR) is 54.7 cm³/mol. The maximum absolute atomic E-state index is 7.12. The molecule has 0 saturated carbocycles. The summed E-state index contributed by atoms with van der Waals surface area (Å²) in [6, 6.07) is 0. The third kappa shape index (κ3) is 6.74. The molecule has 0 saturated heterocycles. The molecule has 0 aromatic heterocycles. The molecule has 0 atom stereocenters. The van der Waals surface area contributed by atoms with E-state index < -0.39 is 0 Å². The van der Waals surface area contributed by atoms with Crippen LogP contribution >= 0.6 is 0 Å². The Morgan fingerprint density at radius 2 is 1.92 bits per heavy atom. The van der Waals surface area contributed by atoms with E-state index in [0.29, 0.717) is 5.84 Å². The molecule has 0 amide bonds. The van der Waals surface area contributed by atoms with E-state index in [1.165, 1.54) is 4.90 Å². The van der Waals surface area contributed by atoms with Crippen molar-refractivity contribution in [2.75, 3.05) is 0 Å². The van der Waals surface area contributed by atoms with E-state index in [1.54, 1.807) is 25.3 Å². The molecule has 0 fully saturated rings. The summed E-state index contributed by atoms with van der Waals surface area (Å²) in [5, 5.41) is 14.0. The van der Waals surface area contributed by atoms with Crippen molar-refractivity contribution in [1.29, 1.82) is 10.8 Å². The van der Waals surface area contributed by atoms with Crippen molar-refractivity contribution < 1.29 is 0 Å². The molecule has 0 aliphatic heterocycles. The van der Waals surface area contributed by atoms with Gasteiger partial charge in [0.25, 0.3) is 0 Å². The molecule has 0 unspecified atom stereocenters. The first kappa shape index (κ1) is 13.2. The van der Waals surface area contributed by atoms with Gasteiger partial charge < -0.3 is 0 Å². The minimum atomic E-state index is 0.313. The predicted octanol–water partition coefficient (Wildman–Crippen LogP) is 2.62. The van der Waals surface area contributed by atoms with E-state index in [9.17, 15) is 0 Å². The number of rotatable bonds is 3. The van der Waals surface area contributed by atoms with Crippen LogP contribution in [0.15, 0.2) is 24.9 Å². The van der Waals surface area contributed by atoms with Gasteiger partial charge in [-0.1, -0.05) is 26.5 Å². The molecule has 12 heavy (non-hydrogen) atoms. The van der Waals surface area contributed by atoms with Crippen molar-refractivity contribution in [3.8, 4) is 0 Å². The number of amidine groups is 1. The van der Waals surface area contributed by atoms with Crippen LogP contribution in [-0.2, 0) is 0 Å². The number of hydrogen-bond acceptors (Lipinski definition) is 2. The quantitative estimate of drug-likeness (QED) is 0.379. The molecule has 0 aromatic rings. The van der Waals surface area contributed by atoms with E-state index in [1.807, 2.05) is 13.8 Å². The molecule has 0 radical (unpaired) electrons. The first-order valence-electron chi connectivity index (χ1n) is 3.85. The third-order valence-corrected chi connectivity index (χ3v) is 0.909. The lowest BCUT2D eigenvalue weighted by molar-refractivity contribution is 0.831. The van der Waals surface area contributed by atoms with Crippen LogP contribution < -0.4 is 0 Å². The van der Waals surface area contributed by atoms with Crippen LogP contribution in [0.25, 0.3) is 0 Å². The van der Waals surface area contributed by atoms with Gasteiger partial charge in [-0.3, -0.25) is 15.7 Å². The minimum absolute atomic E-state index is 0.313. The third-order valence-electron chi connectivity index (χ3n) is 0.909. The zero-order valence-corrected chi connectivity index (χ0v) is 7.96. The highest BCUT2D eigenvalue weighted by Crippen LogP contribution is 1.86. The average molecular weight is 167 g/mol. The minimum Gasteiger partial charge on any atom is -0.297 e. The van der Waals surface area contributed by atoms with Gasteiger partial charge in [0.15, 0.2) is 0 Å². The highest BCUT2D eigenvalue weighted by atomic mass is 15.1. The fraction of sp³-hybridized carbons (Fsp3) is 0.333. The Bertz CT molecular complexity index is 171. The van der Waals surface area contributed by atoms with Crippen molar-refractivity contribution in [3.63, 3.8) is 0 Å². The molecule has 0 rings (SSSR count). The van der Waals surface area contributed by atoms with Crippen LogP contribution in [0.5, 0.6) is 0 Å². The summed E-state index contributed by atoms with van der Waals surface area (Å²) in [6.45, 7) is 9.08. The van der Waals surface area contributed by atoms with Crippen molar-refractivity contribution in [2.24, 2.45) is 0 Å². The number of hydrogen-bond donors (Lipinski definition) is 2. The van der Waals surface area contributed by atoms with Crippen LogP contribution in [0, 0.1) is 10.8 Å². The summed E-state index contributed by atoms with van der Waals surface area (Å²) in [5.41, 5.74) is 0. The first-order chi connectivity index (χ1) is 5.72. The maximum Gasteiger partial charge on any atom is 0.102 e. The van der Waals surface area contributed by atoms with E-state index in [-0.39, 0.29) is 0 Å². The van der Waals surface area contributed by atoms with Crippen molar-refractivity contribution in [1.82, 2.24) is 4.90 Å².